The maximum Gasteiger partial charge on any atom is 0.237 e. The van der Waals surface area contributed by atoms with Crippen LogP contribution in [0.3, 0.4) is 0 Å². The largest absolute Gasteiger partial charge is 0.344 e. The summed E-state index contributed by atoms with van der Waals surface area (Å²) in [5, 5.41) is 6.05. The molecule has 90 valence electrons. The van der Waals surface area contributed by atoms with Crippen molar-refractivity contribution in [1.82, 2.24) is 15.5 Å². The highest BCUT2D eigenvalue weighted by molar-refractivity contribution is 5.81. The normalized spacial score (nSPS) is 21.8. The maximum atomic E-state index is 11.8. The van der Waals surface area contributed by atoms with Gasteiger partial charge in [0.25, 0.3) is 0 Å². The van der Waals surface area contributed by atoms with Crippen molar-refractivity contribution in [1.29, 1.82) is 0 Å². The van der Waals surface area contributed by atoms with E-state index in [0.29, 0.717) is 12.6 Å². The van der Waals surface area contributed by atoms with Crippen molar-refractivity contribution in [2.45, 2.75) is 32.4 Å². The fraction of sp³-hybridized carbons (Fsp3) is 0.750. The molecule has 1 saturated heterocycles. The predicted octanol–water partition coefficient (Wildman–Crippen LogP) is -0.192. The molecule has 0 spiro atoms. The van der Waals surface area contributed by atoms with Crippen molar-refractivity contribution in [2.75, 3.05) is 26.2 Å². The number of likely N-dealkylation sites (N-methyl/N-ethyl adjacent to an activating group) is 1. The Morgan fingerprint density at radius 2 is 2.50 bits per heavy atom. The van der Waals surface area contributed by atoms with Crippen LogP contribution in [0.4, 0.5) is 0 Å². The zero-order valence-electron chi connectivity index (χ0n) is 10.1. The number of carbonyl (C=O) groups excluding carboxylic acids is 1. The van der Waals surface area contributed by atoms with Crippen molar-refractivity contribution >= 4 is 5.91 Å². The van der Waals surface area contributed by atoms with Crippen molar-refractivity contribution < 1.29 is 4.79 Å². The number of nitrogens with zero attached hydrogens (tertiary/aromatic N) is 1. The first-order valence-electron chi connectivity index (χ1n) is 5.88. The summed E-state index contributed by atoms with van der Waals surface area (Å²) in [6.07, 6.45) is 6.23. The molecule has 0 aromatic rings. The Balaban J connectivity index is 2.51. The maximum absolute atomic E-state index is 11.8. The quantitative estimate of drug-likeness (QED) is 0.635. The van der Waals surface area contributed by atoms with Crippen LogP contribution in [0.15, 0.2) is 0 Å². The van der Waals surface area contributed by atoms with Gasteiger partial charge in [-0.3, -0.25) is 9.69 Å². The minimum Gasteiger partial charge on any atom is -0.344 e. The van der Waals surface area contributed by atoms with Crippen LogP contribution in [0.25, 0.3) is 0 Å². The number of hydrogen-bond donors (Lipinski definition) is 2. The zero-order valence-corrected chi connectivity index (χ0v) is 10.1. The molecule has 1 amide bonds. The Hall–Kier alpha value is -1.05. The molecule has 16 heavy (non-hydrogen) atoms. The van der Waals surface area contributed by atoms with E-state index >= 15 is 0 Å². The lowest BCUT2D eigenvalue weighted by molar-refractivity contribution is -0.126. The van der Waals surface area contributed by atoms with Gasteiger partial charge in [-0.2, -0.15) is 0 Å². The standard InChI is InChI=1S/C12H21N3O/c1-4-7-14-12(16)10(3)15(5-2)11-6-8-13-9-11/h1,10-11,13H,5-9H2,2-3H3,(H,14,16). The van der Waals surface area contributed by atoms with Gasteiger partial charge in [0.1, 0.15) is 0 Å². The highest BCUT2D eigenvalue weighted by Crippen LogP contribution is 2.12. The van der Waals surface area contributed by atoms with Gasteiger partial charge in [0.2, 0.25) is 5.91 Å². The molecule has 0 aliphatic carbocycles. The van der Waals surface area contributed by atoms with Crippen LogP contribution in [0.1, 0.15) is 20.3 Å². The van der Waals surface area contributed by atoms with Gasteiger partial charge in [-0.15, -0.1) is 6.42 Å². The Morgan fingerprint density at radius 3 is 3.00 bits per heavy atom. The fourth-order valence-electron chi connectivity index (χ4n) is 2.21. The van der Waals surface area contributed by atoms with Gasteiger partial charge >= 0.3 is 0 Å². The minimum absolute atomic E-state index is 0.0201. The smallest absolute Gasteiger partial charge is 0.237 e. The summed E-state index contributed by atoms with van der Waals surface area (Å²) in [6, 6.07) is 0.361. The van der Waals surface area contributed by atoms with Gasteiger partial charge in [0.15, 0.2) is 0 Å². The van der Waals surface area contributed by atoms with E-state index < -0.39 is 0 Å². The first kappa shape index (κ1) is 13.0. The Kier molecular flexibility index (Phi) is 5.30. The monoisotopic (exact) mass is 223 g/mol. The van der Waals surface area contributed by atoms with Crippen LogP contribution in [-0.2, 0) is 4.79 Å². The minimum atomic E-state index is -0.108. The molecule has 1 heterocycles. The van der Waals surface area contributed by atoms with Crippen molar-refractivity contribution in [3.63, 3.8) is 0 Å². The van der Waals surface area contributed by atoms with E-state index in [1.54, 1.807) is 0 Å². The number of rotatable bonds is 5. The molecule has 4 heteroatoms. The lowest BCUT2D eigenvalue weighted by atomic mass is 10.1. The third kappa shape index (κ3) is 3.22. The van der Waals surface area contributed by atoms with Gasteiger partial charge in [0.05, 0.1) is 12.6 Å². The van der Waals surface area contributed by atoms with Gasteiger partial charge in [-0.25, -0.2) is 0 Å². The molecule has 4 nitrogen and oxygen atoms in total. The molecule has 0 saturated carbocycles. The topological polar surface area (TPSA) is 44.4 Å². The Bertz CT molecular complexity index is 266. The number of nitrogens with one attached hydrogen (secondary N) is 2. The van der Waals surface area contributed by atoms with E-state index in [-0.39, 0.29) is 11.9 Å². The summed E-state index contributed by atoms with van der Waals surface area (Å²) < 4.78 is 0. The molecule has 2 atom stereocenters. The van der Waals surface area contributed by atoms with Crippen LogP contribution in [-0.4, -0.2) is 49.1 Å². The molecule has 0 bridgehead atoms. The van der Waals surface area contributed by atoms with Gasteiger partial charge < -0.3 is 10.6 Å². The number of terminal acetylenes is 1. The molecular formula is C12H21N3O. The number of amides is 1. The predicted molar refractivity (Wildman–Crippen MR) is 65.0 cm³/mol. The SMILES string of the molecule is C#CCNC(=O)C(C)N(CC)C1CCNC1. The summed E-state index contributed by atoms with van der Waals surface area (Å²) in [6.45, 7) is 7.23. The van der Waals surface area contributed by atoms with E-state index in [1.807, 2.05) is 6.92 Å². The first-order valence-corrected chi connectivity index (χ1v) is 5.88. The van der Waals surface area contributed by atoms with E-state index in [1.165, 1.54) is 0 Å². The summed E-state index contributed by atoms with van der Waals surface area (Å²) in [4.78, 5) is 14.0. The van der Waals surface area contributed by atoms with Gasteiger partial charge in [0, 0.05) is 12.6 Å². The van der Waals surface area contributed by atoms with E-state index in [2.05, 4.69) is 28.4 Å². The third-order valence-electron chi connectivity index (χ3n) is 3.11. The third-order valence-corrected chi connectivity index (χ3v) is 3.11. The van der Waals surface area contributed by atoms with Crippen LogP contribution in [0.2, 0.25) is 0 Å². The molecule has 0 radical (unpaired) electrons. The highest BCUT2D eigenvalue weighted by Gasteiger charge is 2.28. The van der Waals surface area contributed by atoms with Crippen LogP contribution in [0.5, 0.6) is 0 Å². The fourth-order valence-corrected chi connectivity index (χ4v) is 2.21. The Morgan fingerprint density at radius 1 is 1.75 bits per heavy atom. The molecule has 1 aliphatic heterocycles. The molecule has 1 aliphatic rings. The van der Waals surface area contributed by atoms with E-state index in [9.17, 15) is 4.79 Å². The average molecular weight is 223 g/mol. The second kappa shape index (κ2) is 6.51. The molecule has 1 rings (SSSR count). The van der Waals surface area contributed by atoms with Crippen molar-refractivity contribution in [3.8, 4) is 12.3 Å². The molecule has 2 N–H and O–H groups in total. The second-order valence-corrected chi connectivity index (χ2v) is 4.07. The lowest BCUT2D eigenvalue weighted by Gasteiger charge is -2.31. The lowest BCUT2D eigenvalue weighted by Crippen LogP contribution is -2.50. The van der Waals surface area contributed by atoms with E-state index in [0.717, 1.165) is 26.1 Å². The zero-order chi connectivity index (χ0) is 12.0. The van der Waals surface area contributed by atoms with Gasteiger partial charge in [-0.1, -0.05) is 12.8 Å². The summed E-state index contributed by atoms with van der Waals surface area (Å²) in [7, 11) is 0. The van der Waals surface area contributed by atoms with Crippen molar-refractivity contribution in [3.05, 3.63) is 0 Å². The number of carbonyl (C=O) groups is 1. The second-order valence-electron chi connectivity index (χ2n) is 4.07. The summed E-state index contributed by atoms with van der Waals surface area (Å²) in [5.74, 6) is 2.44. The van der Waals surface area contributed by atoms with Crippen LogP contribution < -0.4 is 10.6 Å². The molecule has 0 aromatic carbocycles. The highest BCUT2D eigenvalue weighted by atomic mass is 16.2. The summed E-state index contributed by atoms with van der Waals surface area (Å²) in [5.41, 5.74) is 0. The van der Waals surface area contributed by atoms with E-state index in [4.69, 9.17) is 6.42 Å². The van der Waals surface area contributed by atoms with Crippen molar-refractivity contribution in [2.24, 2.45) is 0 Å². The average Bonchev–Trinajstić information content (AvgIpc) is 2.80. The van der Waals surface area contributed by atoms with Crippen LogP contribution in [0, 0.1) is 12.3 Å². The van der Waals surface area contributed by atoms with Gasteiger partial charge in [-0.05, 0) is 26.4 Å². The first-order chi connectivity index (χ1) is 7.70. The molecule has 0 aromatic heterocycles. The summed E-state index contributed by atoms with van der Waals surface area (Å²) >= 11 is 0. The van der Waals surface area contributed by atoms with Crippen LogP contribution >= 0.6 is 0 Å². The Labute approximate surface area is 97.8 Å². The number of hydrogen-bond acceptors (Lipinski definition) is 3. The molecule has 2 unspecified atom stereocenters. The molecular weight excluding hydrogens is 202 g/mol. The molecule has 1 fully saturated rings.